The van der Waals surface area contributed by atoms with Gasteiger partial charge in [-0.2, -0.15) is 10.2 Å². The Morgan fingerprint density at radius 2 is 2.07 bits per heavy atom. The van der Waals surface area contributed by atoms with Crippen molar-refractivity contribution < 1.29 is 5.11 Å². The third kappa shape index (κ3) is 4.71. The van der Waals surface area contributed by atoms with Crippen molar-refractivity contribution in [2.45, 2.75) is 52.2 Å². The molecule has 3 aromatic rings. The minimum atomic E-state index is -0.380. The number of nitrogens with two attached hydrogens (primary N) is 1. The van der Waals surface area contributed by atoms with Gasteiger partial charge in [0, 0.05) is 36.3 Å². The topological polar surface area (TPSA) is 107 Å². The Morgan fingerprint density at radius 3 is 2.76 bits per heavy atom. The average molecular weight is 396 g/mol. The fraction of sp³-hybridized carbons (Fsp3) is 0.429. The number of aromatic nitrogens is 5. The van der Waals surface area contributed by atoms with Gasteiger partial charge in [0.15, 0.2) is 0 Å². The van der Waals surface area contributed by atoms with Gasteiger partial charge in [-0.15, -0.1) is 0 Å². The molecule has 0 aliphatic carbocycles. The Bertz CT molecular complexity index is 996. The molecule has 0 aliphatic heterocycles. The lowest BCUT2D eigenvalue weighted by Gasteiger charge is -2.12. The Hall–Kier alpha value is -3.00. The van der Waals surface area contributed by atoms with Crippen molar-refractivity contribution in [1.29, 1.82) is 0 Å². The molecule has 8 heteroatoms. The van der Waals surface area contributed by atoms with Crippen molar-refractivity contribution in [2.75, 3.05) is 6.54 Å². The van der Waals surface area contributed by atoms with Crippen molar-refractivity contribution in [3.05, 3.63) is 42.7 Å². The number of allylic oxidation sites excluding steroid dienone is 1. The Morgan fingerprint density at radius 1 is 1.28 bits per heavy atom. The van der Waals surface area contributed by atoms with Crippen LogP contribution < -0.4 is 5.73 Å². The first-order valence-corrected chi connectivity index (χ1v) is 10.1. The van der Waals surface area contributed by atoms with E-state index in [2.05, 4.69) is 29.0 Å². The van der Waals surface area contributed by atoms with E-state index < -0.39 is 0 Å². The minimum absolute atomic E-state index is 0.369. The summed E-state index contributed by atoms with van der Waals surface area (Å²) >= 11 is 0. The van der Waals surface area contributed by atoms with Crippen molar-refractivity contribution in [3.63, 3.8) is 0 Å². The SMILES string of the molecule is CCC(CC)n1cc(-c2nc(C(C=NCC[C@@H](C)O)=CN)cn3nccc23)cn1. The average Bonchev–Trinajstić information content (AvgIpc) is 3.38. The highest BCUT2D eigenvalue weighted by Crippen LogP contribution is 2.26. The number of hydrogen-bond donors (Lipinski definition) is 2. The maximum absolute atomic E-state index is 9.38. The quantitative estimate of drug-likeness (QED) is 0.542. The molecule has 3 heterocycles. The van der Waals surface area contributed by atoms with Crippen LogP contribution in [0.15, 0.2) is 42.0 Å². The van der Waals surface area contributed by atoms with Crippen LogP contribution in [0.25, 0.3) is 22.3 Å². The zero-order valence-electron chi connectivity index (χ0n) is 17.2. The molecule has 1 atom stereocenters. The summed E-state index contributed by atoms with van der Waals surface area (Å²) in [5.74, 6) is 0. The zero-order chi connectivity index (χ0) is 20.8. The molecule has 8 nitrogen and oxygen atoms in total. The number of aliphatic hydroxyl groups excluding tert-OH is 1. The van der Waals surface area contributed by atoms with Gasteiger partial charge in [0.05, 0.1) is 47.6 Å². The Kier molecular flexibility index (Phi) is 6.77. The molecule has 0 aliphatic rings. The highest BCUT2D eigenvalue weighted by atomic mass is 16.3. The van der Waals surface area contributed by atoms with E-state index in [1.54, 1.807) is 23.9 Å². The predicted molar refractivity (Wildman–Crippen MR) is 116 cm³/mol. The largest absolute Gasteiger partial charge is 0.404 e. The summed E-state index contributed by atoms with van der Waals surface area (Å²) in [7, 11) is 0. The van der Waals surface area contributed by atoms with Crippen LogP contribution in [0.3, 0.4) is 0 Å². The van der Waals surface area contributed by atoms with Gasteiger partial charge in [-0.3, -0.25) is 9.67 Å². The minimum Gasteiger partial charge on any atom is -0.404 e. The number of nitrogens with zero attached hydrogens (tertiary/aromatic N) is 6. The second-order valence-electron chi connectivity index (χ2n) is 7.11. The molecule has 0 fully saturated rings. The van der Waals surface area contributed by atoms with Crippen LogP contribution >= 0.6 is 0 Å². The van der Waals surface area contributed by atoms with Crippen LogP contribution in [-0.4, -0.2) is 48.3 Å². The van der Waals surface area contributed by atoms with E-state index in [0.29, 0.717) is 30.3 Å². The number of aliphatic hydroxyl groups is 1. The normalized spacial score (nSPS) is 13.8. The maximum atomic E-state index is 9.38. The number of aliphatic imine (C=N–C) groups is 1. The summed E-state index contributed by atoms with van der Waals surface area (Å²) in [5, 5.41) is 18.3. The highest BCUT2D eigenvalue weighted by Gasteiger charge is 2.15. The van der Waals surface area contributed by atoms with Gasteiger partial charge < -0.3 is 10.8 Å². The van der Waals surface area contributed by atoms with Gasteiger partial charge in [0.25, 0.3) is 0 Å². The lowest BCUT2D eigenvalue weighted by molar-refractivity contribution is 0.187. The molecule has 3 N–H and O–H groups in total. The first kappa shape index (κ1) is 20.7. The van der Waals surface area contributed by atoms with Gasteiger partial charge in [-0.05, 0) is 32.3 Å². The first-order chi connectivity index (χ1) is 14.1. The van der Waals surface area contributed by atoms with Crippen LogP contribution in [0, 0.1) is 0 Å². The third-order valence-electron chi connectivity index (χ3n) is 4.96. The molecule has 0 spiro atoms. The molecule has 3 aromatic heterocycles. The van der Waals surface area contributed by atoms with Crippen molar-refractivity contribution in [2.24, 2.45) is 10.7 Å². The number of hydrogen-bond acceptors (Lipinski definition) is 6. The van der Waals surface area contributed by atoms with E-state index in [4.69, 9.17) is 10.7 Å². The van der Waals surface area contributed by atoms with Gasteiger partial charge in [-0.1, -0.05) is 13.8 Å². The van der Waals surface area contributed by atoms with Crippen LogP contribution in [-0.2, 0) is 0 Å². The predicted octanol–water partition coefficient (Wildman–Crippen LogP) is 3.10. The van der Waals surface area contributed by atoms with Crippen molar-refractivity contribution in [1.82, 2.24) is 24.4 Å². The van der Waals surface area contributed by atoms with E-state index >= 15 is 0 Å². The van der Waals surface area contributed by atoms with Crippen LogP contribution in [0.2, 0.25) is 0 Å². The van der Waals surface area contributed by atoms with Gasteiger partial charge >= 0.3 is 0 Å². The van der Waals surface area contributed by atoms with Crippen molar-refractivity contribution >= 4 is 17.3 Å². The second kappa shape index (κ2) is 9.47. The summed E-state index contributed by atoms with van der Waals surface area (Å²) in [6.45, 7) is 6.60. The second-order valence-corrected chi connectivity index (χ2v) is 7.11. The highest BCUT2D eigenvalue weighted by molar-refractivity contribution is 6.09. The summed E-state index contributed by atoms with van der Waals surface area (Å²) < 4.78 is 3.80. The first-order valence-electron chi connectivity index (χ1n) is 10.1. The maximum Gasteiger partial charge on any atom is 0.0999 e. The monoisotopic (exact) mass is 395 g/mol. The lowest BCUT2D eigenvalue weighted by atomic mass is 10.1. The molecule has 0 aromatic carbocycles. The number of rotatable bonds is 9. The molecular weight excluding hydrogens is 366 g/mol. The molecule has 0 bridgehead atoms. The Labute approximate surface area is 170 Å². The van der Waals surface area contributed by atoms with E-state index in [1.807, 2.05) is 29.3 Å². The standard InChI is InChI=1S/C21H29N7O/c1-4-18(5-2)27-13-17(12-25-27)21-20-7-9-24-28(20)14-19(26-21)16(10-22)11-23-8-6-15(3)29/h7,9-15,18,29H,4-6,8,22H2,1-3H3/t15-/m1/s1. The fourth-order valence-corrected chi connectivity index (χ4v) is 3.22. The van der Waals surface area contributed by atoms with Crippen LogP contribution in [0.1, 0.15) is 51.8 Å². The molecule has 3 rings (SSSR count). The summed E-state index contributed by atoms with van der Waals surface area (Å²) in [5.41, 5.74) is 9.86. The smallest absolute Gasteiger partial charge is 0.0999 e. The summed E-state index contributed by atoms with van der Waals surface area (Å²) in [4.78, 5) is 9.21. The van der Waals surface area contributed by atoms with Gasteiger partial charge in [0.2, 0.25) is 0 Å². The molecule has 29 heavy (non-hydrogen) atoms. The molecule has 0 unspecified atom stereocenters. The molecule has 0 saturated carbocycles. The van der Waals surface area contributed by atoms with Crippen LogP contribution in [0.4, 0.5) is 0 Å². The van der Waals surface area contributed by atoms with E-state index in [0.717, 1.165) is 29.6 Å². The van der Waals surface area contributed by atoms with E-state index in [-0.39, 0.29) is 6.10 Å². The fourth-order valence-electron chi connectivity index (χ4n) is 3.22. The molecule has 154 valence electrons. The van der Waals surface area contributed by atoms with E-state index in [1.165, 1.54) is 6.20 Å². The van der Waals surface area contributed by atoms with Gasteiger partial charge in [0.1, 0.15) is 0 Å². The van der Waals surface area contributed by atoms with Gasteiger partial charge in [-0.25, -0.2) is 9.50 Å². The van der Waals surface area contributed by atoms with Crippen LogP contribution in [0.5, 0.6) is 0 Å². The molecule has 0 saturated heterocycles. The zero-order valence-corrected chi connectivity index (χ0v) is 17.2. The molecular formula is C21H29N7O. The summed E-state index contributed by atoms with van der Waals surface area (Å²) in [6, 6.07) is 2.30. The number of fused-ring (bicyclic) bond motifs is 1. The third-order valence-corrected chi connectivity index (χ3v) is 4.96. The molecule has 0 radical (unpaired) electrons. The van der Waals surface area contributed by atoms with E-state index in [9.17, 15) is 5.11 Å². The Balaban J connectivity index is 1.98. The molecule has 0 amide bonds. The lowest BCUT2D eigenvalue weighted by Crippen LogP contribution is -2.06. The van der Waals surface area contributed by atoms with Crippen molar-refractivity contribution in [3.8, 4) is 11.3 Å². The summed E-state index contributed by atoms with van der Waals surface area (Å²) in [6.07, 6.45) is 12.9.